The molecule has 3 nitrogen and oxygen atoms in total. The number of hydrogen-bond donors (Lipinski definition) is 2. The summed E-state index contributed by atoms with van der Waals surface area (Å²) in [5.74, 6) is 1.43. The van der Waals surface area contributed by atoms with Crippen LogP contribution in [-0.4, -0.2) is 12.5 Å². The second kappa shape index (κ2) is 6.09. The average molecular weight is 260 g/mol. The van der Waals surface area contributed by atoms with E-state index in [0.717, 1.165) is 18.0 Å². The molecule has 2 atom stereocenters. The minimum Gasteiger partial charge on any atom is -0.398 e. The molecular weight excluding hydrogens is 236 g/mol. The first-order valence-corrected chi connectivity index (χ1v) is 7.21. The number of nitrogen functional groups attached to an aromatic ring is 1. The third-order valence-electron chi connectivity index (χ3n) is 4.22. The summed E-state index contributed by atoms with van der Waals surface area (Å²) < 4.78 is 0. The summed E-state index contributed by atoms with van der Waals surface area (Å²) in [6.07, 6.45) is 5.09. The largest absolute Gasteiger partial charge is 0.398 e. The lowest BCUT2D eigenvalue weighted by atomic mass is 9.82. The zero-order valence-electron chi connectivity index (χ0n) is 11.9. The molecule has 0 aromatic heterocycles. The highest BCUT2D eigenvalue weighted by Gasteiger charge is 2.20. The van der Waals surface area contributed by atoms with Gasteiger partial charge in [-0.1, -0.05) is 25.8 Å². The molecule has 19 heavy (non-hydrogen) atoms. The summed E-state index contributed by atoms with van der Waals surface area (Å²) in [6.45, 7) is 4.99. The lowest BCUT2D eigenvalue weighted by Gasteiger charge is -2.26. The third kappa shape index (κ3) is 3.49. The number of carbonyl (C=O) groups is 1. The number of anilines is 1. The van der Waals surface area contributed by atoms with E-state index in [0.29, 0.717) is 17.2 Å². The van der Waals surface area contributed by atoms with Gasteiger partial charge in [0.15, 0.2) is 0 Å². The van der Waals surface area contributed by atoms with Crippen molar-refractivity contribution >= 4 is 11.6 Å². The minimum absolute atomic E-state index is 0.00280. The van der Waals surface area contributed by atoms with Crippen LogP contribution < -0.4 is 11.1 Å². The van der Waals surface area contributed by atoms with Crippen LogP contribution in [0.5, 0.6) is 0 Å². The second-order valence-corrected chi connectivity index (χ2v) is 5.87. The molecule has 2 rings (SSSR count). The Morgan fingerprint density at radius 2 is 2.21 bits per heavy atom. The van der Waals surface area contributed by atoms with Crippen molar-refractivity contribution in [1.82, 2.24) is 5.32 Å². The predicted octanol–water partition coefficient (Wildman–Crippen LogP) is 3.13. The minimum atomic E-state index is 0.00280. The van der Waals surface area contributed by atoms with E-state index in [1.165, 1.54) is 25.7 Å². The molecular formula is C16H24N2O. The monoisotopic (exact) mass is 260 g/mol. The van der Waals surface area contributed by atoms with Gasteiger partial charge >= 0.3 is 0 Å². The molecule has 0 heterocycles. The quantitative estimate of drug-likeness (QED) is 0.820. The summed E-state index contributed by atoms with van der Waals surface area (Å²) in [6, 6.07) is 5.50. The van der Waals surface area contributed by atoms with E-state index in [4.69, 9.17) is 5.73 Å². The fraction of sp³-hybridized carbons (Fsp3) is 0.562. The second-order valence-electron chi connectivity index (χ2n) is 5.87. The van der Waals surface area contributed by atoms with Gasteiger partial charge in [-0.25, -0.2) is 0 Å². The molecule has 0 bridgehead atoms. The van der Waals surface area contributed by atoms with Crippen molar-refractivity contribution in [2.45, 2.75) is 39.5 Å². The Hall–Kier alpha value is -1.51. The number of rotatable bonds is 3. The van der Waals surface area contributed by atoms with Gasteiger partial charge < -0.3 is 11.1 Å². The summed E-state index contributed by atoms with van der Waals surface area (Å²) in [4.78, 5) is 12.2. The Labute approximate surface area is 115 Å². The molecule has 0 aliphatic heterocycles. The highest BCUT2D eigenvalue weighted by molar-refractivity contribution is 5.96. The molecule has 104 valence electrons. The maximum atomic E-state index is 12.2. The van der Waals surface area contributed by atoms with Gasteiger partial charge in [0.05, 0.1) is 0 Å². The number of amides is 1. The molecule has 1 fully saturated rings. The van der Waals surface area contributed by atoms with E-state index < -0.39 is 0 Å². The van der Waals surface area contributed by atoms with Crippen molar-refractivity contribution in [2.75, 3.05) is 12.3 Å². The zero-order valence-corrected chi connectivity index (χ0v) is 11.9. The average Bonchev–Trinajstić information content (AvgIpc) is 2.39. The van der Waals surface area contributed by atoms with E-state index in [1.54, 1.807) is 0 Å². The Kier molecular flexibility index (Phi) is 4.46. The molecule has 1 aromatic rings. The summed E-state index contributed by atoms with van der Waals surface area (Å²) in [5.41, 5.74) is 8.09. The van der Waals surface area contributed by atoms with Crippen LogP contribution in [0.15, 0.2) is 18.2 Å². The smallest absolute Gasteiger partial charge is 0.251 e. The molecule has 0 spiro atoms. The van der Waals surface area contributed by atoms with Crippen LogP contribution in [0.2, 0.25) is 0 Å². The predicted molar refractivity (Wildman–Crippen MR) is 79.0 cm³/mol. The highest BCUT2D eigenvalue weighted by atomic mass is 16.1. The van der Waals surface area contributed by atoms with Gasteiger partial charge in [-0.3, -0.25) is 4.79 Å². The molecule has 1 aromatic carbocycles. The van der Waals surface area contributed by atoms with E-state index in [-0.39, 0.29) is 5.91 Å². The van der Waals surface area contributed by atoms with Gasteiger partial charge in [-0.15, -0.1) is 0 Å². The molecule has 1 aliphatic carbocycles. The fourth-order valence-electron chi connectivity index (χ4n) is 2.98. The van der Waals surface area contributed by atoms with Crippen LogP contribution in [0.4, 0.5) is 5.69 Å². The van der Waals surface area contributed by atoms with E-state index >= 15 is 0 Å². The van der Waals surface area contributed by atoms with Crippen LogP contribution in [0, 0.1) is 18.8 Å². The summed E-state index contributed by atoms with van der Waals surface area (Å²) >= 11 is 0. The van der Waals surface area contributed by atoms with Crippen molar-refractivity contribution in [3.8, 4) is 0 Å². The molecule has 0 radical (unpaired) electrons. The van der Waals surface area contributed by atoms with Gasteiger partial charge in [0.1, 0.15) is 0 Å². The Bertz CT molecular complexity index is 456. The first kappa shape index (κ1) is 13.9. The van der Waals surface area contributed by atoms with Crippen molar-refractivity contribution in [3.63, 3.8) is 0 Å². The topological polar surface area (TPSA) is 55.1 Å². The van der Waals surface area contributed by atoms with Gasteiger partial charge in [0.2, 0.25) is 0 Å². The zero-order chi connectivity index (χ0) is 13.8. The standard InChI is InChI=1S/C16H24N2O/c1-11-5-3-6-13(9-11)10-18-16(19)14-7-4-8-15(17)12(14)2/h4,7-8,11,13H,3,5-6,9-10,17H2,1-2H3,(H,18,19). The number of hydrogen-bond acceptors (Lipinski definition) is 2. The molecule has 1 aliphatic rings. The Morgan fingerprint density at radius 3 is 2.95 bits per heavy atom. The van der Waals surface area contributed by atoms with Gasteiger partial charge in [0, 0.05) is 17.8 Å². The number of nitrogens with two attached hydrogens (primary N) is 1. The van der Waals surface area contributed by atoms with Crippen LogP contribution >= 0.6 is 0 Å². The van der Waals surface area contributed by atoms with Crippen LogP contribution in [0.1, 0.15) is 48.5 Å². The lowest BCUT2D eigenvalue weighted by molar-refractivity contribution is 0.0940. The van der Waals surface area contributed by atoms with Crippen molar-refractivity contribution < 1.29 is 4.79 Å². The summed E-state index contributed by atoms with van der Waals surface area (Å²) in [5, 5.41) is 3.06. The van der Waals surface area contributed by atoms with E-state index in [2.05, 4.69) is 12.2 Å². The van der Waals surface area contributed by atoms with Crippen LogP contribution in [-0.2, 0) is 0 Å². The summed E-state index contributed by atoms with van der Waals surface area (Å²) in [7, 11) is 0. The Balaban J connectivity index is 1.92. The maximum absolute atomic E-state index is 12.2. The van der Waals surface area contributed by atoms with Crippen molar-refractivity contribution in [2.24, 2.45) is 11.8 Å². The third-order valence-corrected chi connectivity index (χ3v) is 4.22. The molecule has 3 heteroatoms. The van der Waals surface area contributed by atoms with E-state index in [1.807, 2.05) is 25.1 Å². The first-order chi connectivity index (χ1) is 9.08. The first-order valence-electron chi connectivity index (χ1n) is 7.21. The fourth-order valence-corrected chi connectivity index (χ4v) is 2.98. The highest BCUT2D eigenvalue weighted by Crippen LogP contribution is 2.28. The van der Waals surface area contributed by atoms with Gasteiger partial charge in [-0.2, -0.15) is 0 Å². The van der Waals surface area contributed by atoms with Gasteiger partial charge in [-0.05, 0) is 49.3 Å². The molecule has 1 saturated carbocycles. The molecule has 2 unspecified atom stereocenters. The van der Waals surface area contributed by atoms with Crippen molar-refractivity contribution in [1.29, 1.82) is 0 Å². The van der Waals surface area contributed by atoms with E-state index in [9.17, 15) is 4.79 Å². The molecule has 1 amide bonds. The SMILES string of the molecule is Cc1c(N)cccc1C(=O)NCC1CCCC(C)C1. The molecule has 0 saturated heterocycles. The number of benzene rings is 1. The van der Waals surface area contributed by atoms with Crippen molar-refractivity contribution in [3.05, 3.63) is 29.3 Å². The normalized spacial score (nSPS) is 23.1. The van der Waals surface area contributed by atoms with Crippen LogP contribution in [0.3, 0.4) is 0 Å². The van der Waals surface area contributed by atoms with Gasteiger partial charge in [0.25, 0.3) is 5.91 Å². The van der Waals surface area contributed by atoms with Crippen LogP contribution in [0.25, 0.3) is 0 Å². The lowest BCUT2D eigenvalue weighted by Crippen LogP contribution is -2.31. The molecule has 3 N–H and O–H groups in total. The Morgan fingerprint density at radius 1 is 1.42 bits per heavy atom. The number of carbonyl (C=O) groups excluding carboxylic acids is 1. The maximum Gasteiger partial charge on any atom is 0.251 e. The number of nitrogens with one attached hydrogen (secondary N) is 1.